The zero-order chi connectivity index (χ0) is 23.0. The van der Waals surface area contributed by atoms with E-state index in [4.69, 9.17) is 9.47 Å². The number of carbonyl (C=O) groups excluding carboxylic acids is 3. The maximum atomic E-state index is 12.6. The van der Waals surface area contributed by atoms with E-state index < -0.39 is 11.7 Å². The first-order chi connectivity index (χ1) is 14.5. The number of alkyl carbamates (subject to hydrolysis) is 1. The molecule has 172 valence electrons. The largest absolute Gasteiger partial charge is 0.484 e. The zero-order valence-electron chi connectivity index (χ0n) is 19.2. The number of likely N-dealkylation sites (tertiary alicyclic amines) is 1. The third kappa shape index (κ3) is 8.47. The molecule has 8 heteroatoms. The van der Waals surface area contributed by atoms with Gasteiger partial charge in [-0.25, -0.2) is 4.79 Å². The first-order valence-electron chi connectivity index (χ1n) is 10.8. The van der Waals surface area contributed by atoms with Crippen molar-refractivity contribution in [2.75, 3.05) is 32.8 Å². The highest BCUT2D eigenvalue weighted by molar-refractivity contribution is 5.82. The van der Waals surface area contributed by atoms with Crippen molar-refractivity contribution in [3.63, 3.8) is 0 Å². The van der Waals surface area contributed by atoms with Gasteiger partial charge in [0.25, 0.3) is 5.91 Å². The Bertz CT molecular complexity index is 788. The molecule has 0 aromatic heterocycles. The number of hydrogen-bond donors (Lipinski definition) is 2. The lowest BCUT2D eigenvalue weighted by molar-refractivity contribution is -0.137. The highest BCUT2D eigenvalue weighted by Gasteiger charge is 2.28. The molecule has 8 nitrogen and oxygen atoms in total. The molecule has 2 rings (SSSR count). The van der Waals surface area contributed by atoms with Crippen molar-refractivity contribution >= 4 is 17.9 Å². The van der Waals surface area contributed by atoms with Crippen LogP contribution in [0.1, 0.15) is 44.7 Å². The summed E-state index contributed by atoms with van der Waals surface area (Å²) in [5.74, 6) is 0.200. The second-order valence-electron chi connectivity index (χ2n) is 8.96. The van der Waals surface area contributed by atoms with E-state index in [1.165, 1.54) is 0 Å². The summed E-state index contributed by atoms with van der Waals surface area (Å²) in [5, 5.41) is 5.43. The molecule has 1 heterocycles. The van der Waals surface area contributed by atoms with Gasteiger partial charge in [-0.1, -0.05) is 17.7 Å². The first-order valence-corrected chi connectivity index (χ1v) is 10.8. The van der Waals surface area contributed by atoms with Crippen LogP contribution in [0.4, 0.5) is 4.79 Å². The summed E-state index contributed by atoms with van der Waals surface area (Å²) in [4.78, 5) is 38.4. The first kappa shape index (κ1) is 24.5. The van der Waals surface area contributed by atoms with Crippen LogP contribution in [0.2, 0.25) is 0 Å². The van der Waals surface area contributed by atoms with Gasteiger partial charge in [0.15, 0.2) is 6.61 Å². The molecule has 1 aliphatic rings. The van der Waals surface area contributed by atoms with Gasteiger partial charge in [0.1, 0.15) is 11.4 Å². The van der Waals surface area contributed by atoms with E-state index in [0.29, 0.717) is 25.4 Å². The fraction of sp³-hybridized carbons (Fsp3) is 0.609. The molecule has 1 unspecified atom stereocenters. The molecule has 0 aliphatic carbocycles. The Labute approximate surface area is 184 Å². The van der Waals surface area contributed by atoms with Crippen molar-refractivity contribution in [2.24, 2.45) is 5.92 Å². The molecular weight excluding hydrogens is 398 g/mol. The zero-order valence-corrected chi connectivity index (χ0v) is 19.2. The van der Waals surface area contributed by atoms with Crippen LogP contribution in [-0.4, -0.2) is 61.2 Å². The van der Waals surface area contributed by atoms with Gasteiger partial charge in [0.2, 0.25) is 5.91 Å². The van der Waals surface area contributed by atoms with Crippen molar-refractivity contribution in [3.05, 3.63) is 29.3 Å². The molecule has 1 fully saturated rings. The summed E-state index contributed by atoms with van der Waals surface area (Å²) in [5.41, 5.74) is 1.57. The Hall–Kier alpha value is -2.77. The number of ether oxygens (including phenoxy) is 2. The molecule has 2 N–H and O–H groups in total. The van der Waals surface area contributed by atoms with Crippen LogP contribution in [0.5, 0.6) is 5.75 Å². The predicted molar refractivity (Wildman–Crippen MR) is 118 cm³/mol. The van der Waals surface area contributed by atoms with Crippen molar-refractivity contribution in [1.29, 1.82) is 0 Å². The van der Waals surface area contributed by atoms with Crippen LogP contribution in [0.25, 0.3) is 0 Å². The lowest BCUT2D eigenvalue weighted by atomic mass is 9.97. The molecule has 3 amide bonds. The van der Waals surface area contributed by atoms with E-state index in [-0.39, 0.29) is 30.9 Å². The molecule has 0 saturated carbocycles. The number of rotatable bonds is 7. The van der Waals surface area contributed by atoms with E-state index in [0.717, 1.165) is 24.0 Å². The average Bonchev–Trinajstić information content (AvgIpc) is 2.69. The van der Waals surface area contributed by atoms with Gasteiger partial charge in [-0.05, 0) is 59.1 Å². The summed E-state index contributed by atoms with van der Waals surface area (Å²) in [6.45, 7) is 10.9. The maximum Gasteiger partial charge on any atom is 0.407 e. The Balaban J connectivity index is 1.73. The van der Waals surface area contributed by atoms with Crippen LogP contribution in [-0.2, 0) is 14.3 Å². The fourth-order valence-electron chi connectivity index (χ4n) is 3.42. The highest BCUT2D eigenvalue weighted by atomic mass is 16.6. The minimum absolute atomic E-state index is 0.0436. The quantitative estimate of drug-likeness (QED) is 0.644. The SMILES string of the molecule is Cc1ccc(OCC(=O)N2CCCC(C(=O)NCCNC(=O)OC(C)(C)C)C2)c(C)c1. The average molecular weight is 434 g/mol. The Kier molecular flexibility index (Phi) is 8.71. The third-order valence-electron chi connectivity index (χ3n) is 4.92. The van der Waals surface area contributed by atoms with Crippen molar-refractivity contribution in [3.8, 4) is 5.75 Å². The summed E-state index contributed by atoms with van der Waals surface area (Å²) in [7, 11) is 0. The number of nitrogens with zero attached hydrogens (tertiary/aromatic N) is 1. The minimum atomic E-state index is -0.562. The highest BCUT2D eigenvalue weighted by Crippen LogP contribution is 2.20. The minimum Gasteiger partial charge on any atom is -0.484 e. The van der Waals surface area contributed by atoms with Crippen molar-refractivity contribution in [1.82, 2.24) is 15.5 Å². The molecule has 0 spiro atoms. The molecule has 0 radical (unpaired) electrons. The summed E-state index contributed by atoms with van der Waals surface area (Å²) in [6.07, 6.45) is 0.983. The summed E-state index contributed by atoms with van der Waals surface area (Å²) < 4.78 is 10.8. The van der Waals surface area contributed by atoms with E-state index in [2.05, 4.69) is 10.6 Å². The van der Waals surface area contributed by atoms with Gasteiger partial charge >= 0.3 is 6.09 Å². The predicted octanol–water partition coefficient (Wildman–Crippen LogP) is 2.56. The van der Waals surface area contributed by atoms with Gasteiger partial charge in [-0.3, -0.25) is 9.59 Å². The summed E-state index contributed by atoms with van der Waals surface area (Å²) >= 11 is 0. The molecule has 1 atom stereocenters. The fourth-order valence-corrected chi connectivity index (χ4v) is 3.42. The third-order valence-corrected chi connectivity index (χ3v) is 4.92. The number of aryl methyl sites for hydroxylation is 2. The van der Waals surface area contributed by atoms with Crippen LogP contribution in [0.3, 0.4) is 0 Å². The number of benzene rings is 1. The van der Waals surface area contributed by atoms with Crippen LogP contribution in [0, 0.1) is 19.8 Å². The van der Waals surface area contributed by atoms with E-state index in [1.54, 1.807) is 25.7 Å². The number of nitrogens with one attached hydrogen (secondary N) is 2. The lowest BCUT2D eigenvalue weighted by Gasteiger charge is -2.32. The second-order valence-corrected chi connectivity index (χ2v) is 8.96. The van der Waals surface area contributed by atoms with E-state index in [1.807, 2.05) is 32.0 Å². The molecule has 1 aromatic carbocycles. The molecule has 1 aromatic rings. The van der Waals surface area contributed by atoms with Gasteiger partial charge in [-0.15, -0.1) is 0 Å². The van der Waals surface area contributed by atoms with Crippen molar-refractivity contribution in [2.45, 2.75) is 53.1 Å². The number of carbonyl (C=O) groups is 3. The molecule has 1 aliphatic heterocycles. The van der Waals surface area contributed by atoms with Gasteiger partial charge in [0, 0.05) is 26.2 Å². The van der Waals surface area contributed by atoms with Crippen LogP contribution in [0.15, 0.2) is 18.2 Å². The van der Waals surface area contributed by atoms with Gasteiger partial charge < -0.3 is 25.0 Å². The molecule has 0 bridgehead atoms. The topological polar surface area (TPSA) is 97.0 Å². The second kappa shape index (κ2) is 11.0. The Morgan fingerprint density at radius 1 is 1.13 bits per heavy atom. The van der Waals surface area contributed by atoms with Gasteiger partial charge in [0.05, 0.1) is 5.92 Å². The van der Waals surface area contributed by atoms with Gasteiger partial charge in [-0.2, -0.15) is 0 Å². The molecule has 31 heavy (non-hydrogen) atoms. The molecular formula is C23H35N3O5. The van der Waals surface area contributed by atoms with Crippen molar-refractivity contribution < 1.29 is 23.9 Å². The number of piperidine rings is 1. The standard InChI is InChI=1S/C23H35N3O5/c1-16-8-9-19(17(2)13-16)30-15-20(27)26-12-6-7-18(14-26)21(28)24-10-11-25-22(29)31-23(3,4)5/h8-9,13,18H,6-7,10-12,14-15H2,1-5H3,(H,24,28)(H,25,29). The number of hydrogen-bond acceptors (Lipinski definition) is 5. The molecule has 1 saturated heterocycles. The maximum absolute atomic E-state index is 12.6. The van der Waals surface area contributed by atoms with E-state index in [9.17, 15) is 14.4 Å². The lowest BCUT2D eigenvalue weighted by Crippen LogP contribution is -2.47. The monoisotopic (exact) mass is 433 g/mol. The Morgan fingerprint density at radius 2 is 1.84 bits per heavy atom. The normalized spacial score (nSPS) is 16.4. The number of amides is 3. The van der Waals surface area contributed by atoms with Crippen LogP contribution >= 0.6 is 0 Å². The van der Waals surface area contributed by atoms with E-state index >= 15 is 0 Å². The smallest absolute Gasteiger partial charge is 0.407 e. The Morgan fingerprint density at radius 3 is 2.52 bits per heavy atom. The summed E-state index contributed by atoms with van der Waals surface area (Å²) in [6, 6.07) is 5.83. The van der Waals surface area contributed by atoms with Crippen LogP contribution < -0.4 is 15.4 Å².